The fraction of sp³-hybridized carbons (Fsp3) is 0.483. The second-order valence-corrected chi connectivity index (χ2v) is 10.7. The van der Waals surface area contributed by atoms with Gasteiger partial charge in [-0.15, -0.1) is 0 Å². The van der Waals surface area contributed by atoms with E-state index in [2.05, 4.69) is 0 Å². The highest BCUT2D eigenvalue weighted by Crippen LogP contribution is 2.38. The lowest BCUT2D eigenvalue weighted by atomic mass is 9.95. The lowest BCUT2D eigenvalue weighted by molar-refractivity contribution is -0.318. The highest BCUT2D eigenvalue weighted by molar-refractivity contribution is 5.98. The molecule has 234 valence electrons. The molecular weight excluding hydrogens is 572 g/mol. The molecule has 0 spiro atoms. The number of hydrogen-bond acceptors (Lipinski definition) is 14. The summed E-state index contributed by atoms with van der Waals surface area (Å²) in [5, 5.41) is 81.7. The zero-order valence-electron chi connectivity index (χ0n) is 22.9. The third-order valence-corrected chi connectivity index (χ3v) is 7.66. The van der Waals surface area contributed by atoms with Crippen LogP contribution < -0.4 is 4.74 Å². The standard InChI is InChI=1S/C29H34O14/c1-12-22(33)24(35)26(37)28(40-12)39-11-20-23(34)25(36)27(38)29(43-20)42-19-9-15(31)6-7-16(19)17-10-21(32)41-18(17)8-13-2-4-14(30)5-3-13/h2-7,9-10,12,18,20,22-31,33-38H,8,11H2,1H3/t12-,18+,20+,22-,23-,24+,25+,26+,27+,28-,29-/m0/s1. The minimum atomic E-state index is -1.77. The number of aromatic hydroxyl groups is 2. The van der Waals surface area contributed by atoms with Crippen LogP contribution in [0.4, 0.5) is 0 Å². The maximum atomic E-state index is 12.3. The van der Waals surface area contributed by atoms with Crippen LogP contribution >= 0.6 is 0 Å². The number of carbonyl (C=O) groups excluding carboxylic acids is 1. The van der Waals surface area contributed by atoms with Gasteiger partial charge in [-0.25, -0.2) is 4.79 Å². The van der Waals surface area contributed by atoms with Gasteiger partial charge in [-0.05, 0) is 36.8 Å². The molecule has 2 aromatic rings. The number of aliphatic hydroxyl groups excluding tert-OH is 6. The smallest absolute Gasteiger partial charge is 0.331 e. The summed E-state index contributed by atoms with van der Waals surface area (Å²) >= 11 is 0. The van der Waals surface area contributed by atoms with Crippen LogP contribution in [0.25, 0.3) is 5.57 Å². The van der Waals surface area contributed by atoms with E-state index in [1.165, 1.54) is 43.3 Å². The SMILES string of the molecule is C[C@@H]1O[C@H](OC[C@H]2O[C@H](Oc3cc(O)ccc3C3=CC(=O)O[C@@H]3Cc3ccc(O)cc3)[C@H](O)[C@H](O)[C@H]2O)[C@H](O)[C@H](O)[C@H]1O. The molecule has 0 bridgehead atoms. The quantitative estimate of drug-likeness (QED) is 0.163. The van der Waals surface area contributed by atoms with Crippen molar-refractivity contribution in [3.63, 3.8) is 0 Å². The highest BCUT2D eigenvalue weighted by Gasteiger charge is 2.47. The molecule has 14 nitrogen and oxygen atoms in total. The van der Waals surface area contributed by atoms with Crippen LogP contribution in [0, 0.1) is 0 Å². The number of carbonyl (C=O) groups is 1. The van der Waals surface area contributed by atoms with Gasteiger partial charge in [0.05, 0.1) is 12.7 Å². The molecule has 0 amide bonds. The molecule has 8 N–H and O–H groups in total. The van der Waals surface area contributed by atoms with Gasteiger partial charge in [-0.2, -0.15) is 0 Å². The highest BCUT2D eigenvalue weighted by atomic mass is 16.7. The van der Waals surface area contributed by atoms with Crippen molar-refractivity contribution < 1.29 is 69.3 Å². The summed E-state index contributed by atoms with van der Waals surface area (Å²) in [6.07, 6.45) is -14.2. The van der Waals surface area contributed by atoms with Crippen molar-refractivity contribution >= 4 is 11.5 Å². The van der Waals surface area contributed by atoms with Crippen LogP contribution in [0.3, 0.4) is 0 Å². The average molecular weight is 607 g/mol. The molecule has 0 unspecified atom stereocenters. The van der Waals surface area contributed by atoms with Gasteiger partial charge in [-0.1, -0.05) is 12.1 Å². The van der Waals surface area contributed by atoms with Gasteiger partial charge in [0.15, 0.2) is 6.29 Å². The van der Waals surface area contributed by atoms with Gasteiger partial charge in [0.25, 0.3) is 0 Å². The van der Waals surface area contributed by atoms with E-state index in [-0.39, 0.29) is 23.7 Å². The predicted molar refractivity (Wildman–Crippen MR) is 143 cm³/mol. The number of phenolic OH excluding ortho intramolecular Hbond substituents is 2. The van der Waals surface area contributed by atoms with Crippen LogP contribution in [0.15, 0.2) is 48.5 Å². The molecule has 0 aliphatic carbocycles. The molecule has 0 aromatic heterocycles. The number of ether oxygens (including phenoxy) is 5. The molecule has 43 heavy (non-hydrogen) atoms. The minimum Gasteiger partial charge on any atom is -0.508 e. The Morgan fingerprint density at radius 3 is 2.14 bits per heavy atom. The van der Waals surface area contributed by atoms with Crippen LogP contribution in [0.2, 0.25) is 0 Å². The largest absolute Gasteiger partial charge is 0.508 e. The van der Waals surface area contributed by atoms with E-state index in [9.17, 15) is 45.6 Å². The summed E-state index contributed by atoms with van der Waals surface area (Å²) in [4.78, 5) is 12.3. The van der Waals surface area contributed by atoms with Crippen LogP contribution in [-0.2, 0) is 30.2 Å². The van der Waals surface area contributed by atoms with Gasteiger partial charge < -0.3 is 64.5 Å². The first-order valence-electron chi connectivity index (χ1n) is 13.6. The molecule has 5 rings (SSSR count). The van der Waals surface area contributed by atoms with Crippen LogP contribution in [0.1, 0.15) is 18.1 Å². The summed E-state index contributed by atoms with van der Waals surface area (Å²) in [6.45, 7) is 0.976. The Labute approximate surface area is 245 Å². The van der Waals surface area contributed by atoms with Crippen molar-refractivity contribution in [1.29, 1.82) is 0 Å². The predicted octanol–water partition coefficient (Wildman–Crippen LogP) is -1.32. The van der Waals surface area contributed by atoms with E-state index in [1.807, 2.05) is 0 Å². The number of hydrogen-bond donors (Lipinski definition) is 8. The summed E-state index contributed by atoms with van der Waals surface area (Å²) in [5.74, 6) is -0.789. The van der Waals surface area contributed by atoms with Gasteiger partial charge in [-0.3, -0.25) is 0 Å². The molecule has 0 radical (unpaired) electrons. The normalized spacial score (nSPS) is 36.2. The van der Waals surface area contributed by atoms with Gasteiger partial charge in [0, 0.05) is 29.7 Å². The van der Waals surface area contributed by atoms with Crippen molar-refractivity contribution in [2.45, 2.75) is 80.9 Å². The van der Waals surface area contributed by atoms with E-state index in [0.29, 0.717) is 11.1 Å². The molecular formula is C29H34O14. The maximum absolute atomic E-state index is 12.3. The Hall–Kier alpha value is -3.31. The Balaban J connectivity index is 1.33. The third-order valence-electron chi connectivity index (χ3n) is 7.66. The van der Waals surface area contributed by atoms with E-state index in [0.717, 1.165) is 5.56 Å². The molecule has 3 aliphatic rings. The minimum absolute atomic E-state index is 0.0375. The number of aliphatic hydroxyl groups is 6. The Morgan fingerprint density at radius 2 is 1.42 bits per heavy atom. The monoisotopic (exact) mass is 606 g/mol. The fourth-order valence-corrected chi connectivity index (χ4v) is 5.17. The molecule has 2 saturated heterocycles. The lowest BCUT2D eigenvalue weighted by Crippen LogP contribution is -2.61. The molecule has 0 saturated carbocycles. The van der Waals surface area contributed by atoms with Crippen LogP contribution in [-0.4, -0.2) is 121 Å². The fourth-order valence-electron chi connectivity index (χ4n) is 5.17. The molecule has 2 aromatic carbocycles. The van der Waals surface area contributed by atoms with Crippen molar-refractivity contribution in [1.82, 2.24) is 0 Å². The van der Waals surface area contributed by atoms with E-state index < -0.39 is 80.1 Å². The van der Waals surface area contributed by atoms with Crippen LogP contribution in [0.5, 0.6) is 17.2 Å². The number of phenols is 2. The maximum Gasteiger partial charge on any atom is 0.331 e. The van der Waals surface area contributed by atoms with Gasteiger partial charge in [0.2, 0.25) is 6.29 Å². The third kappa shape index (κ3) is 6.62. The molecule has 3 heterocycles. The van der Waals surface area contributed by atoms with E-state index in [1.54, 1.807) is 12.1 Å². The lowest BCUT2D eigenvalue weighted by Gasteiger charge is -2.42. The average Bonchev–Trinajstić information content (AvgIpc) is 3.34. The summed E-state index contributed by atoms with van der Waals surface area (Å²) in [6, 6.07) is 10.4. The van der Waals surface area contributed by atoms with Crippen molar-refractivity contribution in [3.05, 3.63) is 59.7 Å². The molecule has 11 atom stereocenters. The number of esters is 1. The van der Waals surface area contributed by atoms with E-state index >= 15 is 0 Å². The second-order valence-electron chi connectivity index (χ2n) is 10.7. The first kappa shape index (κ1) is 31.1. The number of benzene rings is 2. The Morgan fingerprint density at radius 1 is 0.767 bits per heavy atom. The van der Waals surface area contributed by atoms with E-state index in [4.69, 9.17) is 23.7 Å². The number of rotatable bonds is 8. The van der Waals surface area contributed by atoms with Crippen molar-refractivity contribution in [3.8, 4) is 17.2 Å². The Bertz CT molecular complexity index is 1310. The zero-order valence-corrected chi connectivity index (χ0v) is 22.9. The molecule has 3 aliphatic heterocycles. The second kappa shape index (κ2) is 12.7. The van der Waals surface area contributed by atoms with Gasteiger partial charge in [0.1, 0.15) is 66.1 Å². The summed E-state index contributed by atoms with van der Waals surface area (Å²) < 4.78 is 28.0. The van der Waals surface area contributed by atoms with Crippen molar-refractivity contribution in [2.24, 2.45) is 0 Å². The Kier molecular flexibility index (Phi) is 9.22. The zero-order chi connectivity index (χ0) is 31.0. The summed E-state index contributed by atoms with van der Waals surface area (Å²) in [7, 11) is 0. The topological polar surface area (TPSA) is 225 Å². The first-order chi connectivity index (χ1) is 20.4. The molecule has 2 fully saturated rings. The first-order valence-corrected chi connectivity index (χ1v) is 13.6. The van der Waals surface area contributed by atoms with Crippen molar-refractivity contribution in [2.75, 3.05) is 6.61 Å². The van der Waals surface area contributed by atoms with Gasteiger partial charge >= 0.3 is 5.97 Å². The summed E-state index contributed by atoms with van der Waals surface area (Å²) in [5.41, 5.74) is 1.48. The molecule has 14 heteroatoms. The number of cyclic esters (lactones) is 1.